The number of rotatable bonds is 1. The molecule has 0 bridgehead atoms. The van der Waals surface area contributed by atoms with Gasteiger partial charge in [0, 0.05) is 6.04 Å². The number of likely N-dealkylation sites (tertiary alicyclic amines) is 1. The van der Waals surface area contributed by atoms with Crippen molar-refractivity contribution in [1.82, 2.24) is 4.90 Å². The van der Waals surface area contributed by atoms with Crippen LogP contribution in [0.4, 0.5) is 0 Å². The first kappa shape index (κ1) is 9.51. The van der Waals surface area contributed by atoms with Crippen LogP contribution in [0.15, 0.2) is 0 Å². The maximum absolute atomic E-state index is 2.77. The van der Waals surface area contributed by atoms with E-state index in [4.69, 9.17) is 0 Å². The zero-order chi connectivity index (χ0) is 9.10. The van der Waals surface area contributed by atoms with Crippen LogP contribution in [0.3, 0.4) is 0 Å². The van der Waals surface area contributed by atoms with E-state index in [1.165, 1.54) is 58.0 Å². The highest BCUT2D eigenvalue weighted by molar-refractivity contribution is 4.82. The Morgan fingerprint density at radius 2 is 1.54 bits per heavy atom. The first-order valence-electron chi connectivity index (χ1n) is 6.12. The molecule has 2 rings (SSSR count). The molecule has 2 fully saturated rings. The van der Waals surface area contributed by atoms with Crippen LogP contribution in [0.5, 0.6) is 0 Å². The summed E-state index contributed by atoms with van der Waals surface area (Å²) in [6.45, 7) is 5.22. The van der Waals surface area contributed by atoms with Crippen LogP contribution < -0.4 is 0 Å². The molecule has 0 aromatic heterocycles. The van der Waals surface area contributed by atoms with Crippen molar-refractivity contribution in [3.05, 3.63) is 0 Å². The molecule has 1 unspecified atom stereocenters. The Balaban J connectivity index is 1.88. The van der Waals surface area contributed by atoms with Crippen molar-refractivity contribution < 1.29 is 0 Å². The fraction of sp³-hybridized carbons (Fsp3) is 1.00. The summed E-state index contributed by atoms with van der Waals surface area (Å²) in [5.74, 6) is 0.965. The lowest BCUT2D eigenvalue weighted by molar-refractivity contribution is 0.0922. The number of nitrogens with zero attached hydrogens (tertiary/aromatic N) is 1. The maximum Gasteiger partial charge on any atom is 0.0121 e. The molecule has 0 N–H and O–H groups in total. The van der Waals surface area contributed by atoms with Gasteiger partial charge in [-0.05, 0) is 44.7 Å². The minimum absolute atomic E-state index is 0.939. The van der Waals surface area contributed by atoms with E-state index in [-0.39, 0.29) is 0 Å². The highest BCUT2D eigenvalue weighted by Crippen LogP contribution is 2.29. The molecule has 1 heteroatoms. The van der Waals surface area contributed by atoms with E-state index in [2.05, 4.69) is 11.8 Å². The minimum atomic E-state index is 0.939. The van der Waals surface area contributed by atoms with Gasteiger partial charge in [-0.3, -0.25) is 0 Å². The van der Waals surface area contributed by atoms with E-state index >= 15 is 0 Å². The third-order valence-corrected chi connectivity index (χ3v) is 3.93. The average molecular weight is 181 g/mol. The van der Waals surface area contributed by atoms with Gasteiger partial charge in [-0.15, -0.1) is 0 Å². The first-order chi connectivity index (χ1) is 6.38. The molecule has 2 aliphatic rings. The van der Waals surface area contributed by atoms with E-state index < -0.39 is 0 Å². The number of hydrogen-bond donors (Lipinski definition) is 0. The molecule has 0 aromatic carbocycles. The van der Waals surface area contributed by atoms with Gasteiger partial charge in [0.15, 0.2) is 0 Å². The summed E-state index contributed by atoms with van der Waals surface area (Å²) in [5, 5.41) is 0. The van der Waals surface area contributed by atoms with Crippen LogP contribution >= 0.6 is 0 Å². The zero-order valence-corrected chi connectivity index (χ0v) is 8.97. The third-order valence-electron chi connectivity index (χ3n) is 3.93. The zero-order valence-electron chi connectivity index (χ0n) is 8.97. The fourth-order valence-corrected chi connectivity index (χ4v) is 3.09. The monoisotopic (exact) mass is 181 g/mol. The van der Waals surface area contributed by atoms with Crippen LogP contribution in [0.25, 0.3) is 0 Å². The number of piperidine rings is 1. The highest BCUT2D eigenvalue weighted by Gasteiger charge is 2.27. The Morgan fingerprint density at radius 1 is 0.846 bits per heavy atom. The van der Waals surface area contributed by atoms with E-state index in [0.717, 1.165) is 12.0 Å². The molecule has 1 saturated carbocycles. The summed E-state index contributed by atoms with van der Waals surface area (Å²) in [4.78, 5) is 2.77. The molecule has 2 atom stereocenters. The van der Waals surface area contributed by atoms with Crippen LogP contribution in [-0.4, -0.2) is 24.0 Å². The maximum atomic E-state index is 2.77. The molecule has 0 spiro atoms. The minimum Gasteiger partial charge on any atom is -0.300 e. The van der Waals surface area contributed by atoms with Gasteiger partial charge in [-0.2, -0.15) is 0 Å². The summed E-state index contributed by atoms with van der Waals surface area (Å²) in [7, 11) is 0. The van der Waals surface area contributed by atoms with Crippen molar-refractivity contribution in [2.45, 2.75) is 57.9 Å². The lowest BCUT2D eigenvalue weighted by atomic mass is 9.84. The predicted molar refractivity (Wildman–Crippen MR) is 56.8 cm³/mol. The van der Waals surface area contributed by atoms with Crippen molar-refractivity contribution >= 4 is 0 Å². The normalized spacial score (nSPS) is 37.6. The largest absolute Gasteiger partial charge is 0.300 e. The molecule has 1 nitrogen and oxygen atoms in total. The Morgan fingerprint density at radius 3 is 2.23 bits per heavy atom. The summed E-state index contributed by atoms with van der Waals surface area (Å²) in [6, 6.07) is 0.939. The first-order valence-corrected chi connectivity index (χ1v) is 6.12. The van der Waals surface area contributed by atoms with E-state index in [1.807, 2.05) is 0 Å². The molecular weight excluding hydrogens is 158 g/mol. The van der Waals surface area contributed by atoms with Crippen LogP contribution in [-0.2, 0) is 0 Å². The summed E-state index contributed by atoms with van der Waals surface area (Å²) in [5.41, 5.74) is 0. The second-order valence-corrected chi connectivity index (χ2v) is 4.93. The molecule has 0 amide bonds. The van der Waals surface area contributed by atoms with E-state index in [1.54, 1.807) is 0 Å². The Bertz CT molecular complexity index is 149. The average Bonchev–Trinajstić information content (AvgIpc) is 2.20. The smallest absolute Gasteiger partial charge is 0.0121 e. The lowest BCUT2D eigenvalue weighted by Gasteiger charge is -2.40. The van der Waals surface area contributed by atoms with Gasteiger partial charge in [0.05, 0.1) is 0 Å². The topological polar surface area (TPSA) is 3.24 Å². The molecule has 1 aliphatic heterocycles. The van der Waals surface area contributed by atoms with Gasteiger partial charge < -0.3 is 4.90 Å². The highest BCUT2D eigenvalue weighted by atomic mass is 15.2. The third kappa shape index (κ3) is 2.25. The fourth-order valence-electron chi connectivity index (χ4n) is 3.09. The lowest BCUT2D eigenvalue weighted by Crippen LogP contribution is -2.44. The van der Waals surface area contributed by atoms with Crippen molar-refractivity contribution in [3.63, 3.8) is 0 Å². The molecule has 0 aromatic rings. The summed E-state index contributed by atoms with van der Waals surface area (Å²) in [6.07, 6.45) is 10.3. The van der Waals surface area contributed by atoms with E-state index in [9.17, 15) is 0 Å². The molecule has 0 radical (unpaired) electrons. The Kier molecular flexibility index (Phi) is 3.26. The van der Waals surface area contributed by atoms with Crippen molar-refractivity contribution in [2.75, 3.05) is 13.1 Å². The number of hydrogen-bond acceptors (Lipinski definition) is 1. The van der Waals surface area contributed by atoms with Crippen LogP contribution in [0, 0.1) is 5.92 Å². The Labute approximate surface area is 82.5 Å². The van der Waals surface area contributed by atoms with Crippen molar-refractivity contribution in [3.8, 4) is 0 Å². The van der Waals surface area contributed by atoms with Gasteiger partial charge in [0.25, 0.3) is 0 Å². The molecule has 13 heavy (non-hydrogen) atoms. The van der Waals surface area contributed by atoms with Crippen molar-refractivity contribution in [2.24, 2.45) is 5.92 Å². The van der Waals surface area contributed by atoms with Crippen molar-refractivity contribution in [1.29, 1.82) is 0 Å². The molecule has 1 saturated heterocycles. The second-order valence-electron chi connectivity index (χ2n) is 4.93. The Hall–Kier alpha value is -0.0400. The molecular formula is C12H23N. The summed E-state index contributed by atoms with van der Waals surface area (Å²) < 4.78 is 0. The van der Waals surface area contributed by atoms with Crippen LogP contribution in [0.2, 0.25) is 0 Å². The van der Waals surface area contributed by atoms with Gasteiger partial charge in [-0.25, -0.2) is 0 Å². The van der Waals surface area contributed by atoms with Gasteiger partial charge in [0.2, 0.25) is 0 Å². The van der Waals surface area contributed by atoms with Gasteiger partial charge >= 0.3 is 0 Å². The van der Waals surface area contributed by atoms with Gasteiger partial charge in [-0.1, -0.05) is 26.2 Å². The van der Waals surface area contributed by atoms with Gasteiger partial charge in [0.1, 0.15) is 0 Å². The summed E-state index contributed by atoms with van der Waals surface area (Å²) >= 11 is 0. The second kappa shape index (κ2) is 4.45. The quantitative estimate of drug-likeness (QED) is 0.601. The van der Waals surface area contributed by atoms with Crippen LogP contribution in [0.1, 0.15) is 51.9 Å². The SMILES string of the molecule is C[C@@H]1CCCCC1N1CCCCC1. The van der Waals surface area contributed by atoms with E-state index in [0.29, 0.717) is 0 Å². The molecule has 1 aliphatic carbocycles. The standard InChI is InChI=1S/C12H23N/c1-11-7-3-4-8-12(11)13-9-5-2-6-10-13/h11-12H,2-10H2,1H3/t11-,12?/m1/s1. The predicted octanol–water partition coefficient (Wildman–Crippen LogP) is 3.05. The molecule has 76 valence electrons. The molecule has 1 heterocycles.